The molecular formula is C13H13ClN2. The van der Waals surface area contributed by atoms with Crippen LogP contribution < -0.4 is 0 Å². The zero-order chi connectivity index (χ0) is 11.5. The molecule has 1 aromatic carbocycles. The zero-order valence-electron chi connectivity index (χ0n) is 9.31. The van der Waals surface area contributed by atoms with Gasteiger partial charge in [-0.25, -0.2) is 9.97 Å². The molecule has 1 aromatic heterocycles. The fraction of sp³-hybridized carbons (Fsp3) is 0.231. The molecule has 3 heteroatoms. The first kappa shape index (κ1) is 11.1. The van der Waals surface area contributed by atoms with E-state index < -0.39 is 0 Å². The van der Waals surface area contributed by atoms with E-state index in [4.69, 9.17) is 11.6 Å². The number of aromatic nitrogens is 2. The Bertz CT molecular complexity index is 478. The first-order valence-corrected chi connectivity index (χ1v) is 5.62. The molecule has 0 fully saturated rings. The first-order chi connectivity index (χ1) is 7.68. The minimum atomic E-state index is 0.537. The van der Waals surface area contributed by atoms with E-state index in [1.807, 2.05) is 12.1 Å². The number of nitrogens with zero attached hydrogens (tertiary/aromatic N) is 2. The molecule has 0 N–H and O–H groups in total. The standard InChI is InChI=1S/C13H13ClN2/c1-9(2)10-3-5-11(6-4-10)13-12(14)7-15-8-16-13/h3-9H,1-2H3. The summed E-state index contributed by atoms with van der Waals surface area (Å²) in [4.78, 5) is 8.05. The molecule has 0 unspecified atom stereocenters. The minimum Gasteiger partial charge on any atom is -0.243 e. The second-order valence-electron chi connectivity index (χ2n) is 4.00. The van der Waals surface area contributed by atoms with Gasteiger partial charge < -0.3 is 0 Å². The van der Waals surface area contributed by atoms with Crippen molar-refractivity contribution in [2.75, 3.05) is 0 Å². The summed E-state index contributed by atoms with van der Waals surface area (Å²) in [6, 6.07) is 8.31. The Morgan fingerprint density at radius 3 is 2.38 bits per heavy atom. The molecule has 82 valence electrons. The lowest BCUT2D eigenvalue weighted by molar-refractivity contribution is 0.867. The molecule has 0 aliphatic rings. The van der Waals surface area contributed by atoms with Crippen LogP contribution >= 0.6 is 11.6 Å². The lowest BCUT2D eigenvalue weighted by atomic mass is 10.0. The van der Waals surface area contributed by atoms with Crippen molar-refractivity contribution >= 4 is 11.6 Å². The molecule has 2 rings (SSSR count). The van der Waals surface area contributed by atoms with Gasteiger partial charge in [0.2, 0.25) is 0 Å². The summed E-state index contributed by atoms with van der Waals surface area (Å²) < 4.78 is 0. The largest absolute Gasteiger partial charge is 0.243 e. The van der Waals surface area contributed by atoms with Crippen molar-refractivity contribution in [3.63, 3.8) is 0 Å². The highest BCUT2D eigenvalue weighted by Gasteiger charge is 2.05. The maximum atomic E-state index is 6.04. The van der Waals surface area contributed by atoms with Crippen LogP contribution in [0.15, 0.2) is 36.8 Å². The molecule has 0 aliphatic heterocycles. The third-order valence-corrected chi connectivity index (χ3v) is 2.79. The van der Waals surface area contributed by atoms with E-state index in [-0.39, 0.29) is 0 Å². The van der Waals surface area contributed by atoms with Crippen LogP contribution in [0, 0.1) is 0 Å². The van der Waals surface area contributed by atoms with Crippen LogP contribution in [-0.2, 0) is 0 Å². The van der Waals surface area contributed by atoms with Crippen LogP contribution in [0.1, 0.15) is 25.3 Å². The SMILES string of the molecule is CC(C)c1ccc(-c2ncncc2Cl)cc1. The molecule has 1 heterocycles. The minimum absolute atomic E-state index is 0.537. The Morgan fingerprint density at radius 2 is 1.81 bits per heavy atom. The molecule has 16 heavy (non-hydrogen) atoms. The van der Waals surface area contributed by atoms with E-state index >= 15 is 0 Å². The van der Waals surface area contributed by atoms with Crippen molar-refractivity contribution < 1.29 is 0 Å². The quantitative estimate of drug-likeness (QED) is 0.784. The predicted octanol–water partition coefficient (Wildman–Crippen LogP) is 3.92. The van der Waals surface area contributed by atoms with Crippen LogP contribution in [0.4, 0.5) is 0 Å². The van der Waals surface area contributed by atoms with Gasteiger partial charge in [0.25, 0.3) is 0 Å². The Balaban J connectivity index is 2.39. The highest BCUT2D eigenvalue weighted by molar-refractivity contribution is 6.32. The van der Waals surface area contributed by atoms with Crippen LogP contribution in [0.3, 0.4) is 0 Å². The summed E-state index contributed by atoms with van der Waals surface area (Å²) in [5.74, 6) is 0.537. The fourth-order valence-electron chi connectivity index (χ4n) is 1.55. The number of rotatable bonds is 2. The number of halogens is 1. The van der Waals surface area contributed by atoms with Gasteiger partial charge in [0.1, 0.15) is 6.33 Å². The monoisotopic (exact) mass is 232 g/mol. The summed E-state index contributed by atoms with van der Waals surface area (Å²) in [6.07, 6.45) is 3.12. The Kier molecular flexibility index (Phi) is 3.20. The van der Waals surface area contributed by atoms with Crippen molar-refractivity contribution in [3.05, 3.63) is 47.4 Å². The Hall–Kier alpha value is -1.41. The molecule has 0 amide bonds. The second kappa shape index (κ2) is 4.62. The lowest BCUT2D eigenvalue weighted by Crippen LogP contribution is -1.89. The molecule has 0 saturated heterocycles. The maximum Gasteiger partial charge on any atom is 0.116 e. The number of benzene rings is 1. The van der Waals surface area contributed by atoms with Gasteiger partial charge in [-0.15, -0.1) is 0 Å². The van der Waals surface area contributed by atoms with Crippen LogP contribution in [0.25, 0.3) is 11.3 Å². The molecular weight excluding hydrogens is 220 g/mol. The van der Waals surface area contributed by atoms with Gasteiger partial charge in [0, 0.05) is 11.8 Å². The van der Waals surface area contributed by atoms with E-state index in [0.29, 0.717) is 10.9 Å². The highest BCUT2D eigenvalue weighted by Crippen LogP contribution is 2.25. The summed E-state index contributed by atoms with van der Waals surface area (Å²) in [5, 5.41) is 0.583. The highest BCUT2D eigenvalue weighted by atomic mass is 35.5. The van der Waals surface area contributed by atoms with Gasteiger partial charge in [-0.3, -0.25) is 0 Å². The van der Waals surface area contributed by atoms with Crippen LogP contribution in [0.2, 0.25) is 5.02 Å². The van der Waals surface area contributed by atoms with Crippen molar-refractivity contribution in [3.8, 4) is 11.3 Å². The normalized spacial score (nSPS) is 10.8. The van der Waals surface area contributed by atoms with E-state index in [0.717, 1.165) is 11.3 Å². The number of hydrogen-bond donors (Lipinski definition) is 0. The lowest BCUT2D eigenvalue weighted by Gasteiger charge is -2.07. The topological polar surface area (TPSA) is 25.8 Å². The van der Waals surface area contributed by atoms with Crippen molar-refractivity contribution in [2.45, 2.75) is 19.8 Å². The predicted molar refractivity (Wildman–Crippen MR) is 66.6 cm³/mol. The van der Waals surface area contributed by atoms with Crippen LogP contribution in [0.5, 0.6) is 0 Å². The average Bonchev–Trinajstić information content (AvgIpc) is 2.30. The van der Waals surface area contributed by atoms with Crippen molar-refractivity contribution in [1.82, 2.24) is 9.97 Å². The summed E-state index contributed by atoms with van der Waals surface area (Å²) in [5.41, 5.74) is 3.12. The second-order valence-corrected chi connectivity index (χ2v) is 4.40. The summed E-state index contributed by atoms with van der Waals surface area (Å²) >= 11 is 6.04. The van der Waals surface area contributed by atoms with Crippen molar-refractivity contribution in [1.29, 1.82) is 0 Å². The van der Waals surface area contributed by atoms with Gasteiger partial charge in [-0.2, -0.15) is 0 Å². The Labute approximate surface area is 100 Å². The number of hydrogen-bond acceptors (Lipinski definition) is 2. The van der Waals surface area contributed by atoms with Gasteiger partial charge in [0.05, 0.1) is 10.7 Å². The fourth-order valence-corrected chi connectivity index (χ4v) is 1.77. The zero-order valence-corrected chi connectivity index (χ0v) is 10.1. The maximum absolute atomic E-state index is 6.04. The van der Waals surface area contributed by atoms with E-state index in [1.54, 1.807) is 6.20 Å². The summed E-state index contributed by atoms with van der Waals surface area (Å²) in [6.45, 7) is 4.35. The van der Waals surface area contributed by atoms with E-state index in [9.17, 15) is 0 Å². The molecule has 0 spiro atoms. The van der Waals surface area contributed by atoms with E-state index in [1.165, 1.54) is 11.9 Å². The Morgan fingerprint density at radius 1 is 1.12 bits per heavy atom. The smallest absolute Gasteiger partial charge is 0.116 e. The molecule has 2 aromatic rings. The van der Waals surface area contributed by atoms with E-state index in [2.05, 4.69) is 35.9 Å². The molecule has 0 bridgehead atoms. The van der Waals surface area contributed by atoms with Gasteiger partial charge in [0.15, 0.2) is 0 Å². The third kappa shape index (κ3) is 2.22. The molecule has 0 atom stereocenters. The van der Waals surface area contributed by atoms with Gasteiger partial charge >= 0.3 is 0 Å². The molecule has 0 radical (unpaired) electrons. The van der Waals surface area contributed by atoms with Crippen LogP contribution in [-0.4, -0.2) is 9.97 Å². The third-order valence-electron chi connectivity index (χ3n) is 2.52. The average molecular weight is 233 g/mol. The molecule has 0 saturated carbocycles. The van der Waals surface area contributed by atoms with Gasteiger partial charge in [-0.05, 0) is 11.5 Å². The summed E-state index contributed by atoms with van der Waals surface area (Å²) in [7, 11) is 0. The van der Waals surface area contributed by atoms with Gasteiger partial charge in [-0.1, -0.05) is 49.7 Å². The first-order valence-electron chi connectivity index (χ1n) is 5.24. The molecule has 2 nitrogen and oxygen atoms in total. The molecule has 0 aliphatic carbocycles. The van der Waals surface area contributed by atoms with Crippen molar-refractivity contribution in [2.24, 2.45) is 0 Å².